The average Bonchev–Trinajstić information content (AvgIpc) is 2.68. The van der Waals surface area contributed by atoms with E-state index in [2.05, 4.69) is 20.1 Å². The quantitative estimate of drug-likeness (QED) is 0.740. The van der Waals surface area contributed by atoms with E-state index in [0.29, 0.717) is 23.8 Å². The first kappa shape index (κ1) is 8.76. The van der Waals surface area contributed by atoms with Crippen molar-refractivity contribution in [1.29, 1.82) is 0 Å². The molecule has 0 atom stereocenters. The highest BCUT2D eigenvalue weighted by atomic mass is 16.5. The molecular weight excluding hydrogens is 184 g/mol. The fourth-order valence-corrected chi connectivity index (χ4v) is 0.977. The molecule has 0 amide bonds. The van der Waals surface area contributed by atoms with Crippen LogP contribution in [0.15, 0.2) is 23.1 Å². The molecule has 0 saturated carbocycles. The van der Waals surface area contributed by atoms with Gasteiger partial charge in [0, 0.05) is 12.6 Å². The fourth-order valence-electron chi connectivity index (χ4n) is 0.977. The third-order valence-corrected chi connectivity index (χ3v) is 1.60. The van der Waals surface area contributed by atoms with Crippen LogP contribution in [-0.2, 0) is 6.42 Å². The van der Waals surface area contributed by atoms with Crippen LogP contribution in [0.4, 0.5) is 0 Å². The second-order valence-electron chi connectivity index (χ2n) is 2.58. The Hall–Kier alpha value is -1.82. The molecule has 0 unspecified atom stereocenters. The average molecular weight is 192 g/mol. The summed E-state index contributed by atoms with van der Waals surface area (Å²) in [6.07, 6.45) is 3.39. The van der Waals surface area contributed by atoms with Gasteiger partial charge in [-0.15, -0.1) is 0 Å². The van der Waals surface area contributed by atoms with E-state index >= 15 is 0 Å². The molecule has 0 spiro atoms. The van der Waals surface area contributed by atoms with E-state index in [1.165, 1.54) is 6.33 Å². The monoisotopic (exact) mass is 192 g/mol. The molecule has 0 fully saturated rings. The summed E-state index contributed by atoms with van der Waals surface area (Å²) >= 11 is 0. The fraction of sp³-hybridized carbons (Fsp3) is 0.250. The molecule has 0 aromatic carbocycles. The number of aromatic nitrogens is 4. The molecule has 0 bridgehead atoms. The maximum atomic E-state index is 8.65. The van der Waals surface area contributed by atoms with Crippen LogP contribution in [-0.4, -0.2) is 31.8 Å². The largest absolute Gasteiger partial charge is 0.396 e. The number of nitrogens with zero attached hydrogens (tertiary/aromatic N) is 4. The number of hydrogen-bond acceptors (Lipinski definition) is 6. The van der Waals surface area contributed by atoms with Crippen molar-refractivity contribution in [3.05, 3.63) is 24.4 Å². The van der Waals surface area contributed by atoms with Crippen molar-refractivity contribution in [2.24, 2.45) is 0 Å². The molecule has 0 radical (unpaired) electrons. The summed E-state index contributed by atoms with van der Waals surface area (Å²) in [5.74, 6) is 0.817. The van der Waals surface area contributed by atoms with Crippen LogP contribution in [0.5, 0.6) is 0 Å². The van der Waals surface area contributed by atoms with Crippen LogP contribution in [0.1, 0.15) is 5.82 Å². The van der Waals surface area contributed by atoms with Crippen LogP contribution < -0.4 is 0 Å². The van der Waals surface area contributed by atoms with Crippen molar-refractivity contribution in [3.8, 4) is 11.6 Å². The smallest absolute Gasteiger partial charge is 0.276 e. The van der Waals surface area contributed by atoms with Crippen molar-refractivity contribution in [2.75, 3.05) is 6.61 Å². The van der Waals surface area contributed by atoms with Gasteiger partial charge in [0.1, 0.15) is 12.0 Å². The third-order valence-electron chi connectivity index (χ3n) is 1.60. The lowest BCUT2D eigenvalue weighted by molar-refractivity contribution is 0.293. The standard InChI is InChI=1S/C8H8N4O2/c13-4-2-7-11-8(14-12-7)6-1-3-9-5-10-6/h1,3,5,13H,2,4H2. The number of hydrogen-bond donors (Lipinski definition) is 1. The summed E-state index contributed by atoms with van der Waals surface area (Å²) in [6.45, 7) is 0.00273. The zero-order valence-corrected chi connectivity index (χ0v) is 7.29. The van der Waals surface area contributed by atoms with E-state index in [9.17, 15) is 0 Å². The van der Waals surface area contributed by atoms with Gasteiger partial charge in [0.05, 0.1) is 6.61 Å². The molecule has 1 N–H and O–H groups in total. The molecule has 2 rings (SSSR count). The van der Waals surface area contributed by atoms with Gasteiger partial charge in [-0.3, -0.25) is 0 Å². The SMILES string of the molecule is OCCc1noc(-c2ccncn2)n1. The molecule has 72 valence electrons. The van der Waals surface area contributed by atoms with Crippen LogP contribution in [0.2, 0.25) is 0 Å². The highest BCUT2D eigenvalue weighted by molar-refractivity contribution is 5.44. The van der Waals surface area contributed by atoms with Crippen LogP contribution in [0.3, 0.4) is 0 Å². The molecule has 14 heavy (non-hydrogen) atoms. The van der Waals surface area contributed by atoms with Crippen LogP contribution in [0.25, 0.3) is 11.6 Å². The normalized spacial score (nSPS) is 10.4. The lowest BCUT2D eigenvalue weighted by Gasteiger charge is -1.88. The van der Waals surface area contributed by atoms with Crippen molar-refractivity contribution in [2.45, 2.75) is 6.42 Å². The lowest BCUT2D eigenvalue weighted by Crippen LogP contribution is -1.92. The van der Waals surface area contributed by atoms with E-state index in [1.807, 2.05) is 0 Å². The summed E-state index contributed by atoms with van der Waals surface area (Å²) in [4.78, 5) is 11.8. The van der Waals surface area contributed by atoms with Gasteiger partial charge in [-0.1, -0.05) is 5.16 Å². The Labute approximate surface area is 79.6 Å². The van der Waals surface area contributed by atoms with Gasteiger partial charge in [-0.05, 0) is 6.07 Å². The van der Waals surface area contributed by atoms with E-state index in [4.69, 9.17) is 9.63 Å². The van der Waals surface area contributed by atoms with E-state index < -0.39 is 0 Å². The van der Waals surface area contributed by atoms with Crippen molar-refractivity contribution >= 4 is 0 Å². The van der Waals surface area contributed by atoms with Gasteiger partial charge in [-0.2, -0.15) is 4.98 Å². The summed E-state index contributed by atoms with van der Waals surface area (Å²) < 4.78 is 4.94. The molecule has 2 heterocycles. The minimum atomic E-state index is 0.00273. The molecule has 0 aliphatic heterocycles. The number of aliphatic hydroxyl groups excluding tert-OH is 1. The Morgan fingerprint density at radius 1 is 1.43 bits per heavy atom. The second kappa shape index (κ2) is 3.93. The van der Waals surface area contributed by atoms with Gasteiger partial charge in [0.25, 0.3) is 5.89 Å². The first-order valence-corrected chi connectivity index (χ1v) is 4.10. The van der Waals surface area contributed by atoms with E-state index in [-0.39, 0.29) is 6.61 Å². The first-order valence-electron chi connectivity index (χ1n) is 4.10. The first-order chi connectivity index (χ1) is 6.90. The summed E-state index contributed by atoms with van der Waals surface area (Å²) in [5, 5.41) is 12.3. The van der Waals surface area contributed by atoms with Crippen molar-refractivity contribution in [3.63, 3.8) is 0 Å². The summed E-state index contributed by atoms with van der Waals surface area (Å²) in [6, 6.07) is 1.68. The predicted octanol–water partition coefficient (Wildman–Crippen LogP) is 0.0614. The Morgan fingerprint density at radius 3 is 3.07 bits per heavy atom. The Bertz CT molecular complexity index is 401. The maximum Gasteiger partial charge on any atom is 0.276 e. The van der Waals surface area contributed by atoms with Crippen molar-refractivity contribution < 1.29 is 9.63 Å². The molecule has 6 nitrogen and oxygen atoms in total. The third kappa shape index (κ3) is 1.74. The molecule has 0 aliphatic rings. The molecule has 0 saturated heterocycles. The van der Waals surface area contributed by atoms with E-state index in [1.54, 1.807) is 12.3 Å². The Morgan fingerprint density at radius 2 is 2.36 bits per heavy atom. The summed E-state index contributed by atoms with van der Waals surface area (Å²) in [7, 11) is 0. The Balaban J connectivity index is 2.25. The highest BCUT2D eigenvalue weighted by Gasteiger charge is 2.08. The minimum absolute atomic E-state index is 0.00273. The molecule has 0 aliphatic carbocycles. The summed E-state index contributed by atoms with van der Waals surface area (Å²) in [5.41, 5.74) is 0.580. The molecule has 2 aromatic heterocycles. The van der Waals surface area contributed by atoms with Crippen molar-refractivity contribution in [1.82, 2.24) is 20.1 Å². The van der Waals surface area contributed by atoms with Gasteiger partial charge in [0.15, 0.2) is 5.82 Å². The van der Waals surface area contributed by atoms with Gasteiger partial charge in [0.2, 0.25) is 0 Å². The number of rotatable bonds is 3. The van der Waals surface area contributed by atoms with Crippen LogP contribution >= 0.6 is 0 Å². The maximum absolute atomic E-state index is 8.65. The highest BCUT2D eigenvalue weighted by Crippen LogP contribution is 2.12. The topological polar surface area (TPSA) is 84.9 Å². The second-order valence-corrected chi connectivity index (χ2v) is 2.58. The number of aliphatic hydroxyl groups is 1. The molecular formula is C8H8N4O2. The Kier molecular flexibility index (Phi) is 2.46. The minimum Gasteiger partial charge on any atom is -0.396 e. The zero-order valence-electron chi connectivity index (χ0n) is 7.29. The van der Waals surface area contributed by atoms with Gasteiger partial charge in [-0.25, -0.2) is 9.97 Å². The lowest BCUT2D eigenvalue weighted by atomic mass is 10.4. The molecule has 2 aromatic rings. The predicted molar refractivity (Wildman–Crippen MR) is 46.1 cm³/mol. The van der Waals surface area contributed by atoms with E-state index in [0.717, 1.165) is 0 Å². The van der Waals surface area contributed by atoms with Gasteiger partial charge < -0.3 is 9.63 Å². The zero-order chi connectivity index (χ0) is 9.80. The van der Waals surface area contributed by atoms with Crippen LogP contribution in [0, 0.1) is 0 Å². The van der Waals surface area contributed by atoms with Gasteiger partial charge >= 0.3 is 0 Å². The molecule has 6 heteroatoms.